The average Bonchev–Trinajstić information content (AvgIpc) is 3.09. The van der Waals surface area contributed by atoms with Crippen molar-refractivity contribution in [2.24, 2.45) is 0 Å². The monoisotopic (exact) mass is 244 g/mol. The minimum Gasteiger partial charge on any atom is -0.497 e. The smallest absolute Gasteiger partial charge is 0.211 e. The Kier molecular flexibility index (Phi) is 3.02. The maximum absolute atomic E-state index is 5.56. The zero-order valence-corrected chi connectivity index (χ0v) is 10.3. The molecule has 2 aromatic rings. The van der Waals surface area contributed by atoms with Gasteiger partial charge in [-0.3, -0.25) is 0 Å². The summed E-state index contributed by atoms with van der Waals surface area (Å²) in [5, 5.41) is 3.38. The third-order valence-corrected chi connectivity index (χ3v) is 3.25. The Labute approximate surface area is 106 Å². The molecule has 4 heteroatoms. The molecule has 1 aromatic carbocycles. The highest BCUT2D eigenvalue weighted by atomic mass is 16.5. The molecule has 1 aliphatic rings. The number of ether oxygens (including phenoxy) is 1. The number of aromatic nitrogens is 1. The Balaban J connectivity index is 1.87. The predicted molar refractivity (Wildman–Crippen MR) is 68.5 cm³/mol. The molecular weight excluding hydrogens is 228 g/mol. The lowest BCUT2D eigenvalue weighted by atomic mass is 10.1. The van der Waals surface area contributed by atoms with E-state index in [9.17, 15) is 0 Å². The number of hydrogen-bond donors (Lipinski definition) is 1. The van der Waals surface area contributed by atoms with Crippen molar-refractivity contribution >= 4 is 0 Å². The first-order valence-corrected chi connectivity index (χ1v) is 6.20. The number of nitrogens with zero attached hydrogens (tertiary/aromatic N) is 1. The van der Waals surface area contributed by atoms with E-state index in [1.807, 2.05) is 24.3 Å². The molecule has 0 saturated carbocycles. The summed E-state index contributed by atoms with van der Waals surface area (Å²) in [5.41, 5.74) is 1.87. The molecule has 1 aromatic heterocycles. The van der Waals surface area contributed by atoms with Crippen molar-refractivity contribution in [1.29, 1.82) is 0 Å². The van der Waals surface area contributed by atoms with Crippen LogP contribution in [0.1, 0.15) is 24.8 Å². The molecular formula is C14H16N2O2. The number of methoxy groups -OCH3 is 1. The molecule has 0 bridgehead atoms. The Hall–Kier alpha value is -1.81. The van der Waals surface area contributed by atoms with Gasteiger partial charge in [0, 0.05) is 5.56 Å². The molecule has 0 spiro atoms. The highest BCUT2D eigenvalue weighted by Gasteiger charge is 2.21. The lowest BCUT2D eigenvalue weighted by Gasteiger charge is -2.03. The molecule has 1 aliphatic heterocycles. The largest absolute Gasteiger partial charge is 0.497 e. The lowest BCUT2D eigenvalue weighted by molar-refractivity contribution is 0.415. The zero-order chi connectivity index (χ0) is 12.4. The van der Waals surface area contributed by atoms with Gasteiger partial charge in [0.15, 0.2) is 0 Å². The summed E-state index contributed by atoms with van der Waals surface area (Å²) < 4.78 is 10.8. The van der Waals surface area contributed by atoms with Crippen LogP contribution in [0.3, 0.4) is 0 Å². The van der Waals surface area contributed by atoms with Crippen molar-refractivity contribution in [3.63, 3.8) is 0 Å². The Morgan fingerprint density at radius 3 is 3.17 bits per heavy atom. The van der Waals surface area contributed by atoms with Gasteiger partial charge in [-0.25, -0.2) is 4.98 Å². The van der Waals surface area contributed by atoms with E-state index in [0.29, 0.717) is 0 Å². The van der Waals surface area contributed by atoms with Crippen LogP contribution in [0.25, 0.3) is 11.3 Å². The molecule has 1 atom stereocenters. The van der Waals surface area contributed by atoms with Crippen LogP contribution in [-0.2, 0) is 0 Å². The van der Waals surface area contributed by atoms with E-state index < -0.39 is 0 Å². The summed E-state index contributed by atoms with van der Waals surface area (Å²) in [5.74, 6) is 1.61. The number of oxazole rings is 1. The van der Waals surface area contributed by atoms with E-state index >= 15 is 0 Å². The SMILES string of the molecule is COc1cccc(-c2coc(C3CCCN3)n2)c1. The first-order valence-electron chi connectivity index (χ1n) is 6.20. The number of hydrogen-bond acceptors (Lipinski definition) is 4. The molecule has 2 heterocycles. The fraction of sp³-hybridized carbons (Fsp3) is 0.357. The van der Waals surface area contributed by atoms with Gasteiger partial charge in [-0.05, 0) is 31.5 Å². The molecule has 3 rings (SSSR count). The Bertz CT molecular complexity index is 530. The van der Waals surface area contributed by atoms with E-state index in [2.05, 4.69) is 10.3 Å². The molecule has 1 N–H and O–H groups in total. The summed E-state index contributed by atoms with van der Waals surface area (Å²) in [4.78, 5) is 4.55. The van der Waals surface area contributed by atoms with Crippen LogP contribution in [0, 0.1) is 0 Å². The molecule has 0 aliphatic carbocycles. The van der Waals surface area contributed by atoms with Crippen LogP contribution < -0.4 is 10.1 Å². The highest BCUT2D eigenvalue weighted by Crippen LogP contribution is 2.27. The van der Waals surface area contributed by atoms with Crippen molar-refractivity contribution in [3.8, 4) is 17.0 Å². The van der Waals surface area contributed by atoms with Gasteiger partial charge in [-0.2, -0.15) is 0 Å². The van der Waals surface area contributed by atoms with Crippen molar-refractivity contribution < 1.29 is 9.15 Å². The van der Waals surface area contributed by atoms with E-state index in [1.165, 1.54) is 6.42 Å². The third-order valence-electron chi connectivity index (χ3n) is 3.25. The zero-order valence-electron chi connectivity index (χ0n) is 10.3. The molecule has 0 radical (unpaired) electrons. The van der Waals surface area contributed by atoms with Crippen LogP contribution in [0.2, 0.25) is 0 Å². The van der Waals surface area contributed by atoms with Crippen LogP contribution in [0.4, 0.5) is 0 Å². The molecule has 18 heavy (non-hydrogen) atoms. The number of nitrogens with one attached hydrogen (secondary N) is 1. The minimum atomic E-state index is 0.268. The molecule has 1 saturated heterocycles. The van der Waals surface area contributed by atoms with Crippen LogP contribution in [-0.4, -0.2) is 18.6 Å². The maximum atomic E-state index is 5.56. The van der Waals surface area contributed by atoms with E-state index in [4.69, 9.17) is 9.15 Å². The van der Waals surface area contributed by atoms with Crippen LogP contribution >= 0.6 is 0 Å². The van der Waals surface area contributed by atoms with Gasteiger partial charge in [0.05, 0.1) is 13.2 Å². The van der Waals surface area contributed by atoms with Gasteiger partial charge >= 0.3 is 0 Å². The fourth-order valence-electron chi connectivity index (χ4n) is 2.26. The second-order valence-electron chi connectivity index (χ2n) is 4.45. The summed E-state index contributed by atoms with van der Waals surface area (Å²) in [6.45, 7) is 1.04. The summed E-state index contributed by atoms with van der Waals surface area (Å²) in [6.07, 6.45) is 3.99. The fourth-order valence-corrected chi connectivity index (χ4v) is 2.26. The minimum absolute atomic E-state index is 0.268. The molecule has 1 fully saturated rings. The van der Waals surface area contributed by atoms with Crippen molar-refractivity contribution in [2.45, 2.75) is 18.9 Å². The Morgan fingerprint density at radius 2 is 2.39 bits per heavy atom. The van der Waals surface area contributed by atoms with Gasteiger partial charge in [0.25, 0.3) is 0 Å². The molecule has 0 amide bonds. The normalized spacial score (nSPS) is 19.1. The van der Waals surface area contributed by atoms with E-state index in [-0.39, 0.29) is 6.04 Å². The van der Waals surface area contributed by atoms with Gasteiger partial charge in [0.2, 0.25) is 5.89 Å². The van der Waals surface area contributed by atoms with E-state index in [1.54, 1.807) is 13.4 Å². The molecule has 1 unspecified atom stereocenters. The number of benzene rings is 1. The number of rotatable bonds is 3. The van der Waals surface area contributed by atoms with Crippen LogP contribution in [0.15, 0.2) is 34.9 Å². The van der Waals surface area contributed by atoms with Gasteiger partial charge in [0.1, 0.15) is 17.7 Å². The first-order chi connectivity index (χ1) is 8.86. The average molecular weight is 244 g/mol. The van der Waals surface area contributed by atoms with Gasteiger partial charge in [-0.1, -0.05) is 12.1 Å². The second kappa shape index (κ2) is 4.82. The summed E-state index contributed by atoms with van der Waals surface area (Å²) in [7, 11) is 1.66. The Morgan fingerprint density at radius 1 is 1.44 bits per heavy atom. The van der Waals surface area contributed by atoms with Crippen molar-refractivity contribution in [2.75, 3.05) is 13.7 Å². The second-order valence-corrected chi connectivity index (χ2v) is 4.45. The highest BCUT2D eigenvalue weighted by molar-refractivity contribution is 5.60. The first kappa shape index (κ1) is 11.3. The lowest BCUT2D eigenvalue weighted by Crippen LogP contribution is -2.12. The van der Waals surface area contributed by atoms with Crippen molar-refractivity contribution in [3.05, 3.63) is 36.4 Å². The molecule has 4 nitrogen and oxygen atoms in total. The van der Waals surface area contributed by atoms with Gasteiger partial charge < -0.3 is 14.5 Å². The quantitative estimate of drug-likeness (QED) is 0.901. The standard InChI is InChI=1S/C14H16N2O2/c1-17-11-5-2-4-10(8-11)13-9-18-14(16-13)12-6-3-7-15-12/h2,4-5,8-9,12,15H,3,6-7H2,1H3. The van der Waals surface area contributed by atoms with Crippen LogP contribution in [0.5, 0.6) is 5.75 Å². The van der Waals surface area contributed by atoms with E-state index in [0.717, 1.165) is 35.9 Å². The van der Waals surface area contributed by atoms with Crippen molar-refractivity contribution in [1.82, 2.24) is 10.3 Å². The molecule has 94 valence electrons. The summed E-state index contributed by atoms with van der Waals surface area (Å²) >= 11 is 0. The van der Waals surface area contributed by atoms with Gasteiger partial charge in [-0.15, -0.1) is 0 Å². The maximum Gasteiger partial charge on any atom is 0.211 e. The predicted octanol–water partition coefficient (Wildman–Crippen LogP) is 2.77. The topological polar surface area (TPSA) is 47.3 Å². The summed E-state index contributed by atoms with van der Waals surface area (Å²) in [6, 6.07) is 8.11. The third kappa shape index (κ3) is 2.11.